The molecule has 0 saturated heterocycles. The van der Waals surface area contributed by atoms with Gasteiger partial charge in [0.05, 0.1) is 12.6 Å². The molecule has 1 aliphatic rings. The average molecular weight is 326 g/mol. The van der Waals surface area contributed by atoms with Gasteiger partial charge in [0.15, 0.2) is 5.90 Å². The van der Waals surface area contributed by atoms with Crippen LogP contribution in [0.4, 0.5) is 0 Å². The molecule has 0 aromatic heterocycles. The van der Waals surface area contributed by atoms with E-state index in [-0.39, 0.29) is 6.10 Å². The van der Waals surface area contributed by atoms with Gasteiger partial charge < -0.3 is 9.84 Å². The summed E-state index contributed by atoms with van der Waals surface area (Å²) in [7, 11) is 0. The lowest BCUT2D eigenvalue weighted by Crippen LogP contribution is -2.05. The molecule has 1 rings (SSSR count). The molecule has 0 spiro atoms. The molecule has 0 aromatic rings. The van der Waals surface area contributed by atoms with Gasteiger partial charge in [0, 0.05) is 6.42 Å². The monoisotopic (exact) mass is 325 g/mol. The zero-order valence-corrected chi connectivity index (χ0v) is 15.4. The highest BCUT2D eigenvalue weighted by molar-refractivity contribution is 5.77. The second kappa shape index (κ2) is 15.0. The molecule has 1 N–H and O–H groups in total. The van der Waals surface area contributed by atoms with Crippen molar-refractivity contribution in [1.29, 1.82) is 0 Å². The highest BCUT2D eigenvalue weighted by Crippen LogP contribution is 2.14. The van der Waals surface area contributed by atoms with Gasteiger partial charge in [0.1, 0.15) is 6.61 Å². The summed E-state index contributed by atoms with van der Waals surface area (Å²) >= 11 is 0. The Kier molecular flexibility index (Phi) is 13.3. The first-order valence-electron chi connectivity index (χ1n) is 10.2. The number of unbranched alkanes of at least 4 members (excludes halogenated alkanes) is 10. The lowest BCUT2D eigenvalue weighted by atomic mass is 10.0. The smallest absolute Gasteiger partial charge is 0.183 e. The summed E-state index contributed by atoms with van der Waals surface area (Å²) in [6.45, 7) is 3.89. The van der Waals surface area contributed by atoms with Gasteiger partial charge in [0.25, 0.3) is 0 Å². The molecular weight excluding hydrogens is 286 g/mol. The number of ether oxygens (including phenoxy) is 1. The molecule has 23 heavy (non-hydrogen) atoms. The Morgan fingerprint density at radius 2 is 1.43 bits per heavy atom. The fourth-order valence-corrected chi connectivity index (χ4v) is 3.20. The summed E-state index contributed by atoms with van der Waals surface area (Å²) in [5, 5.41) is 9.92. The Balaban J connectivity index is 1.74. The Labute approximate surface area is 143 Å². The SMILES string of the molecule is CCCCCCC(O)CCCCCCCCCCC1=NCCO1. The van der Waals surface area contributed by atoms with E-state index in [2.05, 4.69) is 11.9 Å². The summed E-state index contributed by atoms with van der Waals surface area (Å²) in [5.74, 6) is 0.984. The Bertz CT molecular complexity index is 291. The summed E-state index contributed by atoms with van der Waals surface area (Å²) in [5.41, 5.74) is 0. The maximum absolute atomic E-state index is 9.92. The van der Waals surface area contributed by atoms with E-state index in [1.165, 1.54) is 77.0 Å². The second-order valence-electron chi connectivity index (χ2n) is 6.99. The van der Waals surface area contributed by atoms with Crippen molar-refractivity contribution in [1.82, 2.24) is 0 Å². The Hall–Kier alpha value is -0.570. The molecule has 136 valence electrons. The van der Waals surface area contributed by atoms with E-state index < -0.39 is 0 Å². The first-order chi connectivity index (χ1) is 11.3. The van der Waals surface area contributed by atoms with Crippen molar-refractivity contribution in [2.75, 3.05) is 13.2 Å². The number of aliphatic hydroxyl groups is 1. The van der Waals surface area contributed by atoms with Crippen LogP contribution in [0.15, 0.2) is 4.99 Å². The van der Waals surface area contributed by atoms with Gasteiger partial charge >= 0.3 is 0 Å². The first-order valence-corrected chi connectivity index (χ1v) is 10.2. The standard InChI is InChI=1S/C20H39NO2/c1-2-3-4-11-14-19(22)15-12-9-7-5-6-8-10-13-16-20-21-17-18-23-20/h19,22H,2-18H2,1H3. The number of nitrogens with zero attached hydrogens (tertiary/aromatic N) is 1. The van der Waals surface area contributed by atoms with Crippen molar-refractivity contribution >= 4 is 5.90 Å². The number of aliphatic hydroxyl groups excluding tert-OH is 1. The second-order valence-corrected chi connectivity index (χ2v) is 6.99. The molecule has 0 aromatic carbocycles. The minimum atomic E-state index is -0.0485. The predicted octanol–water partition coefficient (Wildman–Crippen LogP) is 5.65. The van der Waals surface area contributed by atoms with Crippen molar-refractivity contribution in [3.05, 3.63) is 0 Å². The summed E-state index contributed by atoms with van der Waals surface area (Å²) in [4.78, 5) is 4.32. The van der Waals surface area contributed by atoms with Crippen LogP contribution in [-0.4, -0.2) is 30.3 Å². The van der Waals surface area contributed by atoms with E-state index in [1.54, 1.807) is 0 Å². The van der Waals surface area contributed by atoms with Gasteiger partial charge in [0.2, 0.25) is 0 Å². The maximum Gasteiger partial charge on any atom is 0.183 e. The minimum Gasteiger partial charge on any atom is -0.479 e. The number of hydrogen-bond acceptors (Lipinski definition) is 3. The molecule has 0 bridgehead atoms. The molecule has 0 saturated carbocycles. The van der Waals surface area contributed by atoms with Crippen LogP contribution in [0.1, 0.15) is 103 Å². The molecule has 1 heterocycles. The summed E-state index contributed by atoms with van der Waals surface area (Å²) in [6, 6.07) is 0. The van der Waals surface area contributed by atoms with Gasteiger partial charge in [-0.3, -0.25) is 4.99 Å². The highest BCUT2D eigenvalue weighted by Gasteiger charge is 2.06. The minimum absolute atomic E-state index is 0.0485. The summed E-state index contributed by atoms with van der Waals surface area (Å²) < 4.78 is 5.41. The zero-order valence-electron chi connectivity index (χ0n) is 15.4. The van der Waals surface area contributed by atoms with Crippen molar-refractivity contribution in [3.63, 3.8) is 0 Å². The molecule has 1 atom stereocenters. The van der Waals surface area contributed by atoms with Gasteiger partial charge in [-0.05, 0) is 19.3 Å². The quantitative estimate of drug-likeness (QED) is 0.373. The van der Waals surface area contributed by atoms with Crippen LogP contribution in [0, 0.1) is 0 Å². The normalized spacial score (nSPS) is 15.5. The topological polar surface area (TPSA) is 41.8 Å². The Morgan fingerprint density at radius 1 is 0.870 bits per heavy atom. The first kappa shape index (κ1) is 20.5. The van der Waals surface area contributed by atoms with E-state index >= 15 is 0 Å². The number of aliphatic imine (C=N–C) groups is 1. The maximum atomic E-state index is 9.92. The van der Waals surface area contributed by atoms with E-state index in [0.29, 0.717) is 0 Å². The van der Waals surface area contributed by atoms with Crippen LogP contribution in [0.25, 0.3) is 0 Å². The van der Waals surface area contributed by atoms with Crippen LogP contribution in [0.2, 0.25) is 0 Å². The summed E-state index contributed by atoms with van der Waals surface area (Å²) in [6.07, 6.45) is 18.5. The Morgan fingerprint density at radius 3 is 2.00 bits per heavy atom. The molecule has 1 aliphatic heterocycles. The van der Waals surface area contributed by atoms with E-state index in [4.69, 9.17) is 4.74 Å². The fourth-order valence-electron chi connectivity index (χ4n) is 3.20. The van der Waals surface area contributed by atoms with Gasteiger partial charge in [-0.15, -0.1) is 0 Å². The largest absolute Gasteiger partial charge is 0.479 e. The average Bonchev–Trinajstić information content (AvgIpc) is 3.06. The molecule has 0 aliphatic carbocycles. The van der Waals surface area contributed by atoms with Crippen LogP contribution in [0.3, 0.4) is 0 Å². The molecule has 0 radical (unpaired) electrons. The molecule has 3 heteroatoms. The number of rotatable bonds is 16. The molecular formula is C20H39NO2. The third kappa shape index (κ3) is 12.5. The lowest BCUT2D eigenvalue weighted by Gasteiger charge is -2.10. The van der Waals surface area contributed by atoms with E-state index in [9.17, 15) is 5.11 Å². The van der Waals surface area contributed by atoms with E-state index in [1.807, 2.05) is 0 Å². The van der Waals surface area contributed by atoms with Crippen LogP contribution in [0.5, 0.6) is 0 Å². The third-order valence-corrected chi connectivity index (χ3v) is 4.72. The van der Waals surface area contributed by atoms with Crippen molar-refractivity contribution in [3.8, 4) is 0 Å². The van der Waals surface area contributed by atoms with Gasteiger partial charge in [-0.1, -0.05) is 77.6 Å². The van der Waals surface area contributed by atoms with E-state index in [0.717, 1.165) is 38.3 Å². The molecule has 0 amide bonds. The fraction of sp³-hybridized carbons (Fsp3) is 0.950. The van der Waals surface area contributed by atoms with Crippen LogP contribution < -0.4 is 0 Å². The predicted molar refractivity (Wildman–Crippen MR) is 99.2 cm³/mol. The zero-order chi connectivity index (χ0) is 16.6. The lowest BCUT2D eigenvalue weighted by molar-refractivity contribution is 0.147. The molecule has 3 nitrogen and oxygen atoms in total. The van der Waals surface area contributed by atoms with Gasteiger partial charge in [-0.2, -0.15) is 0 Å². The highest BCUT2D eigenvalue weighted by atomic mass is 16.5. The number of hydrogen-bond donors (Lipinski definition) is 1. The van der Waals surface area contributed by atoms with Gasteiger partial charge in [-0.25, -0.2) is 0 Å². The molecule has 0 fully saturated rings. The van der Waals surface area contributed by atoms with Crippen LogP contribution >= 0.6 is 0 Å². The molecule has 1 unspecified atom stereocenters. The van der Waals surface area contributed by atoms with Crippen LogP contribution in [-0.2, 0) is 4.74 Å². The van der Waals surface area contributed by atoms with Crippen molar-refractivity contribution < 1.29 is 9.84 Å². The third-order valence-electron chi connectivity index (χ3n) is 4.72. The van der Waals surface area contributed by atoms with Crippen molar-refractivity contribution in [2.24, 2.45) is 4.99 Å². The van der Waals surface area contributed by atoms with Crippen molar-refractivity contribution in [2.45, 2.75) is 109 Å².